The van der Waals surface area contributed by atoms with Crippen molar-refractivity contribution in [3.8, 4) is 11.1 Å². The lowest BCUT2D eigenvalue weighted by atomic mass is 9.96. The largest absolute Gasteiger partial charge is 0.378 e. The van der Waals surface area contributed by atoms with Gasteiger partial charge in [-0.2, -0.15) is 5.10 Å². The van der Waals surface area contributed by atoms with Crippen LogP contribution in [0.15, 0.2) is 30.5 Å². The van der Waals surface area contributed by atoms with Gasteiger partial charge in [-0.1, -0.05) is 23.7 Å². The molecular formula is C18H16ClN3O2. The van der Waals surface area contributed by atoms with E-state index < -0.39 is 0 Å². The van der Waals surface area contributed by atoms with Gasteiger partial charge >= 0.3 is 0 Å². The molecule has 0 fully saturated rings. The zero-order valence-electron chi connectivity index (χ0n) is 13.3. The number of nitrogens with zero attached hydrogens (tertiary/aromatic N) is 3. The zero-order valence-corrected chi connectivity index (χ0v) is 14.0. The maximum Gasteiger partial charge on any atom is 0.166 e. The molecule has 1 aliphatic rings. The Morgan fingerprint density at radius 2 is 2.21 bits per heavy atom. The number of carbonyl (C=O) groups excluding carboxylic acids is 1. The number of carbonyl (C=O) groups is 1. The predicted octanol–water partition coefficient (Wildman–Crippen LogP) is 3.72. The van der Waals surface area contributed by atoms with Crippen LogP contribution in [0.1, 0.15) is 34.6 Å². The zero-order chi connectivity index (χ0) is 16.7. The van der Waals surface area contributed by atoms with Crippen LogP contribution in [-0.2, 0) is 17.8 Å². The Morgan fingerprint density at radius 3 is 3.00 bits per heavy atom. The lowest BCUT2D eigenvalue weighted by molar-refractivity contribution is 0.0971. The minimum absolute atomic E-state index is 0.138. The molecule has 0 saturated carbocycles. The van der Waals surface area contributed by atoms with Crippen molar-refractivity contribution in [2.45, 2.75) is 25.9 Å². The van der Waals surface area contributed by atoms with Gasteiger partial charge in [0, 0.05) is 24.8 Å². The molecule has 0 unspecified atom stereocenters. The van der Waals surface area contributed by atoms with Crippen LogP contribution in [0.25, 0.3) is 16.8 Å². The minimum Gasteiger partial charge on any atom is -0.378 e. The molecule has 2 heterocycles. The smallest absolute Gasteiger partial charge is 0.166 e. The molecule has 0 N–H and O–H groups in total. The second-order valence-corrected chi connectivity index (χ2v) is 6.35. The lowest BCUT2D eigenvalue weighted by Crippen LogP contribution is -2.14. The van der Waals surface area contributed by atoms with E-state index in [1.165, 1.54) is 0 Å². The highest BCUT2D eigenvalue weighted by atomic mass is 35.5. The molecular weight excluding hydrogens is 326 g/mol. The van der Waals surface area contributed by atoms with Crippen molar-refractivity contribution >= 4 is 23.0 Å². The molecule has 0 aliphatic heterocycles. The first kappa shape index (κ1) is 15.3. The number of hydrogen-bond acceptors (Lipinski definition) is 4. The Morgan fingerprint density at radius 1 is 1.33 bits per heavy atom. The summed E-state index contributed by atoms with van der Waals surface area (Å²) in [6, 6.07) is 7.61. The number of ketones is 1. The van der Waals surface area contributed by atoms with E-state index in [-0.39, 0.29) is 5.78 Å². The molecule has 1 aliphatic carbocycles. The molecule has 6 heteroatoms. The first-order chi connectivity index (χ1) is 11.7. The highest BCUT2D eigenvalue weighted by molar-refractivity contribution is 6.30. The van der Waals surface area contributed by atoms with Crippen LogP contribution < -0.4 is 0 Å². The van der Waals surface area contributed by atoms with Crippen LogP contribution in [0.3, 0.4) is 0 Å². The summed E-state index contributed by atoms with van der Waals surface area (Å²) in [4.78, 5) is 16.9. The number of ether oxygens (including phenoxy) is 1. The quantitative estimate of drug-likeness (QED) is 0.728. The van der Waals surface area contributed by atoms with Gasteiger partial charge in [0.05, 0.1) is 29.1 Å². The van der Waals surface area contributed by atoms with Crippen LogP contribution in [0, 0.1) is 0 Å². The number of benzene rings is 1. The molecule has 1 aromatic carbocycles. The van der Waals surface area contributed by atoms with Crippen molar-refractivity contribution in [1.82, 2.24) is 14.6 Å². The third-order valence-electron chi connectivity index (χ3n) is 4.27. The van der Waals surface area contributed by atoms with Gasteiger partial charge in [-0.05, 0) is 30.5 Å². The maximum atomic E-state index is 12.1. The summed E-state index contributed by atoms with van der Waals surface area (Å²) in [5.41, 5.74) is 4.89. The van der Waals surface area contributed by atoms with Gasteiger partial charge in [-0.25, -0.2) is 9.50 Å². The van der Waals surface area contributed by atoms with E-state index in [0.29, 0.717) is 23.6 Å². The summed E-state index contributed by atoms with van der Waals surface area (Å²) in [7, 11) is 1.63. The number of rotatable bonds is 3. The fourth-order valence-corrected chi connectivity index (χ4v) is 3.40. The molecule has 2 aromatic heterocycles. The van der Waals surface area contributed by atoms with Gasteiger partial charge in [0.1, 0.15) is 0 Å². The van der Waals surface area contributed by atoms with Crippen molar-refractivity contribution in [1.29, 1.82) is 0 Å². The van der Waals surface area contributed by atoms with Crippen molar-refractivity contribution in [2.75, 3.05) is 7.11 Å². The monoisotopic (exact) mass is 341 g/mol. The Labute approximate surface area is 144 Å². The molecule has 0 amide bonds. The summed E-state index contributed by atoms with van der Waals surface area (Å²) in [6.45, 7) is 0.365. The van der Waals surface area contributed by atoms with Gasteiger partial charge in [0.25, 0.3) is 0 Å². The summed E-state index contributed by atoms with van der Waals surface area (Å²) >= 11 is 6.15. The number of halogens is 1. The Balaban J connectivity index is 1.99. The SMILES string of the molecule is COCc1nn2cc3c(nc2c1-c1cccc(Cl)c1)CCCC3=O. The first-order valence-corrected chi connectivity index (χ1v) is 8.24. The van der Waals surface area contributed by atoms with E-state index in [9.17, 15) is 4.79 Å². The summed E-state index contributed by atoms with van der Waals surface area (Å²) in [5, 5.41) is 5.24. The lowest BCUT2D eigenvalue weighted by Gasteiger charge is -2.13. The maximum absolute atomic E-state index is 12.1. The van der Waals surface area contributed by atoms with Crippen LogP contribution >= 0.6 is 11.6 Å². The van der Waals surface area contributed by atoms with Crippen LogP contribution in [0.4, 0.5) is 0 Å². The minimum atomic E-state index is 0.138. The average molecular weight is 342 g/mol. The average Bonchev–Trinajstić information content (AvgIpc) is 2.91. The van der Waals surface area contributed by atoms with E-state index in [2.05, 4.69) is 5.10 Å². The van der Waals surface area contributed by atoms with Gasteiger partial charge in [0.2, 0.25) is 0 Å². The Hall–Kier alpha value is -2.24. The highest BCUT2D eigenvalue weighted by Crippen LogP contribution is 2.31. The van der Waals surface area contributed by atoms with E-state index in [1.54, 1.807) is 17.8 Å². The van der Waals surface area contributed by atoms with E-state index in [0.717, 1.165) is 41.0 Å². The standard InChI is InChI=1S/C18H16ClN3O2/c1-24-10-15-17(11-4-2-5-12(19)8-11)18-20-14-6-3-7-16(23)13(14)9-22(18)21-15/h2,4-5,8-9H,3,6-7,10H2,1H3. The second-order valence-electron chi connectivity index (χ2n) is 5.91. The second kappa shape index (κ2) is 6.00. The predicted molar refractivity (Wildman–Crippen MR) is 91.4 cm³/mol. The fraction of sp³-hybridized carbons (Fsp3) is 0.278. The molecule has 4 rings (SSSR count). The van der Waals surface area contributed by atoms with Crippen LogP contribution in [0.5, 0.6) is 0 Å². The van der Waals surface area contributed by atoms with E-state index >= 15 is 0 Å². The topological polar surface area (TPSA) is 56.5 Å². The molecule has 24 heavy (non-hydrogen) atoms. The Kier molecular flexibility index (Phi) is 3.82. The fourth-order valence-electron chi connectivity index (χ4n) is 3.21. The van der Waals surface area contributed by atoms with Crippen molar-refractivity contribution < 1.29 is 9.53 Å². The number of fused-ring (bicyclic) bond motifs is 2. The molecule has 0 radical (unpaired) electrons. The summed E-state index contributed by atoms with van der Waals surface area (Å²) < 4.78 is 6.98. The molecule has 122 valence electrons. The molecule has 0 atom stereocenters. The third kappa shape index (κ3) is 2.50. The van der Waals surface area contributed by atoms with Crippen LogP contribution in [-0.4, -0.2) is 27.5 Å². The third-order valence-corrected chi connectivity index (χ3v) is 4.51. The number of Topliss-reactive ketones (excluding diaryl/α,β-unsaturated/α-hetero) is 1. The van der Waals surface area contributed by atoms with E-state index in [4.69, 9.17) is 21.3 Å². The summed E-state index contributed by atoms with van der Waals surface area (Å²) in [5.74, 6) is 0.138. The number of methoxy groups -OCH3 is 1. The first-order valence-electron chi connectivity index (χ1n) is 7.86. The van der Waals surface area contributed by atoms with Gasteiger partial charge < -0.3 is 4.74 Å². The number of aryl methyl sites for hydroxylation is 1. The molecule has 0 saturated heterocycles. The van der Waals surface area contributed by atoms with Gasteiger partial charge in [0.15, 0.2) is 11.4 Å². The number of aromatic nitrogens is 3. The van der Waals surface area contributed by atoms with E-state index in [1.807, 2.05) is 24.3 Å². The van der Waals surface area contributed by atoms with Crippen molar-refractivity contribution in [3.63, 3.8) is 0 Å². The molecule has 0 bridgehead atoms. The number of hydrogen-bond donors (Lipinski definition) is 0. The highest BCUT2D eigenvalue weighted by Gasteiger charge is 2.23. The van der Waals surface area contributed by atoms with Crippen molar-refractivity contribution in [3.05, 3.63) is 52.4 Å². The normalized spacial score (nSPS) is 14.2. The van der Waals surface area contributed by atoms with Crippen molar-refractivity contribution in [2.24, 2.45) is 0 Å². The van der Waals surface area contributed by atoms with Gasteiger partial charge in [-0.3, -0.25) is 4.79 Å². The molecule has 0 spiro atoms. The molecule has 3 aromatic rings. The summed E-state index contributed by atoms with van der Waals surface area (Å²) in [6.07, 6.45) is 4.04. The molecule has 5 nitrogen and oxygen atoms in total. The van der Waals surface area contributed by atoms with Gasteiger partial charge in [-0.15, -0.1) is 0 Å². The van der Waals surface area contributed by atoms with Crippen LogP contribution in [0.2, 0.25) is 5.02 Å². The Bertz CT molecular complexity index is 949.